The van der Waals surface area contributed by atoms with Crippen molar-refractivity contribution in [3.05, 3.63) is 29.6 Å². The van der Waals surface area contributed by atoms with Gasteiger partial charge in [-0.15, -0.1) is 0 Å². The fourth-order valence-corrected chi connectivity index (χ4v) is 1.35. The molecule has 0 fully saturated rings. The van der Waals surface area contributed by atoms with Crippen molar-refractivity contribution < 1.29 is 23.8 Å². The molecule has 100 valence electrons. The zero-order chi connectivity index (χ0) is 13.4. The number of rotatable bonds is 8. The van der Waals surface area contributed by atoms with Gasteiger partial charge in [-0.1, -0.05) is 13.3 Å². The van der Waals surface area contributed by atoms with Gasteiger partial charge in [0.25, 0.3) is 0 Å². The summed E-state index contributed by atoms with van der Waals surface area (Å²) in [5.74, 6) is -1.64. The number of benzene rings is 1. The van der Waals surface area contributed by atoms with Crippen molar-refractivity contribution in [3.8, 4) is 5.75 Å². The normalized spacial score (nSPS) is 10.3. The second-order valence-electron chi connectivity index (χ2n) is 3.76. The summed E-state index contributed by atoms with van der Waals surface area (Å²) in [5, 5.41) is 8.90. The maximum absolute atomic E-state index is 13.0. The van der Waals surface area contributed by atoms with E-state index in [2.05, 4.69) is 6.92 Å². The smallest absolute Gasteiger partial charge is 0.339 e. The highest BCUT2D eigenvalue weighted by Gasteiger charge is 2.11. The van der Waals surface area contributed by atoms with Crippen molar-refractivity contribution >= 4 is 5.97 Å². The van der Waals surface area contributed by atoms with Crippen LogP contribution < -0.4 is 4.74 Å². The van der Waals surface area contributed by atoms with E-state index < -0.39 is 11.8 Å². The largest absolute Gasteiger partial charge is 0.490 e. The Morgan fingerprint density at radius 2 is 2.11 bits per heavy atom. The fourth-order valence-electron chi connectivity index (χ4n) is 1.35. The van der Waals surface area contributed by atoms with Crippen molar-refractivity contribution in [1.82, 2.24) is 0 Å². The van der Waals surface area contributed by atoms with Gasteiger partial charge in [0, 0.05) is 12.7 Å². The molecule has 4 nitrogen and oxygen atoms in total. The van der Waals surface area contributed by atoms with E-state index >= 15 is 0 Å². The number of carbonyl (C=O) groups is 1. The lowest BCUT2D eigenvalue weighted by Gasteiger charge is -2.09. The maximum Gasteiger partial charge on any atom is 0.339 e. The van der Waals surface area contributed by atoms with Gasteiger partial charge >= 0.3 is 5.97 Å². The number of ether oxygens (including phenoxy) is 2. The summed E-state index contributed by atoms with van der Waals surface area (Å²) in [5.41, 5.74) is -0.0510. The topological polar surface area (TPSA) is 55.8 Å². The standard InChI is InChI=1S/C13H17FO4/c1-2-3-6-17-7-8-18-12-9-10(14)4-5-11(12)13(15)16/h4-5,9H,2-3,6-8H2,1H3,(H,15,16). The van der Waals surface area contributed by atoms with E-state index in [1.165, 1.54) is 6.07 Å². The Labute approximate surface area is 105 Å². The third kappa shape index (κ3) is 4.71. The number of aromatic carboxylic acids is 1. The van der Waals surface area contributed by atoms with Crippen molar-refractivity contribution in [1.29, 1.82) is 0 Å². The molecule has 1 rings (SSSR count). The molecule has 0 radical (unpaired) electrons. The molecule has 0 saturated heterocycles. The lowest BCUT2D eigenvalue weighted by molar-refractivity contribution is 0.0684. The number of hydrogen-bond acceptors (Lipinski definition) is 3. The predicted octanol–water partition coefficient (Wildman–Crippen LogP) is 2.72. The van der Waals surface area contributed by atoms with Crippen LogP contribution in [0.25, 0.3) is 0 Å². The van der Waals surface area contributed by atoms with E-state index in [0.717, 1.165) is 25.0 Å². The molecule has 0 spiro atoms. The Bertz CT molecular complexity index is 393. The average molecular weight is 256 g/mol. The average Bonchev–Trinajstić information content (AvgIpc) is 2.33. The molecule has 0 bridgehead atoms. The highest BCUT2D eigenvalue weighted by Crippen LogP contribution is 2.19. The summed E-state index contributed by atoms with van der Waals surface area (Å²) < 4.78 is 23.5. The Morgan fingerprint density at radius 1 is 1.33 bits per heavy atom. The molecule has 0 aliphatic carbocycles. The van der Waals surface area contributed by atoms with Gasteiger partial charge in [-0.25, -0.2) is 9.18 Å². The molecule has 0 aliphatic heterocycles. The Morgan fingerprint density at radius 3 is 2.78 bits per heavy atom. The first-order valence-electron chi connectivity index (χ1n) is 5.88. The summed E-state index contributed by atoms with van der Waals surface area (Å²) in [6.07, 6.45) is 2.02. The van der Waals surface area contributed by atoms with E-state index in [0.29, 0.717) is 13.2 Å². The van der Waals surface area contributed by atoms with Gasteiger partial charge in [0.1, 0.15) is 23.7 Å². The van der Waals surface area contributed by atoms with Gasteiger partial charge < -0.3 is 14.6 Å². The number of unbranched alkanes of at least 4 members (excludes halogenated alkanes) is 1. The number of carboxylic acids is 1. The molecule has 0 aliphatic rings. The van der Waals surface area contributed by atoms with E-state index in [9.17, 15) is 9.18 Å². The molecule has 5 heteroatoms. The molecule has 18 heavy (non-hydrogen) atoms. The van der Waals surface area contributed by atoms with Crippen LogP contribution >= 0.6 is 0 Å². The van der Waals surface area contributed by atoms with Crippen LogP contribution in [0, 0.1) is 5.82 Å². The first-order valence-corrected chi connectivity index (χ1v) is 5.88. The summed E-state index contributed by atoms with van der Waals surface area (Å²) in [4.78, 5) is 10.9. The van der Waals surface area contributed by atoms with Gasteiger partial charge in [-0.05, 0) is 18.6 Å². The SMILES string of the molecule is CCCCOCCOc1cc(F)ccc1C(=O)O. The van der Waals surface area contributed by atoms with Crippen LogP contribution in [0.3, 0.4) is 0 Å². The second kappa shape index (κ2) is 7.66. The minimum Gasteiger partial charge on any atom is -0.490 e. The summed E-state index contributed by atoms with van der Waals surface area (Å²) >= 11 is 0. The van der Waals surface area contributed by atoms with Crippen LogP contribution in [0.1, 0.15) is 30.1 Å². The third-order valence-electron chi connectivity index (χ3n) is 2.30. The van der Waals surface area contributed by atoms with Crippen LogP contribution in [0.5, 0.6) is 5.75 Å². The summed E-state index contributed by atoms with van der Waals surface area (Å²) in [6, 6.07) is 3.34. The fraction of sp³-hybridized carbons (Fsp3) is 0.462. The van der Waals surface area contributed by atoms with Gasteiger partial charge in [-0.3, -0.25) is 0 Å². The molecular formula is C13H17FO4. The first-order chi connectivity index (χ1) is 8.65. The summed E-state index contributed by atoms with van der Waals surface area (Å²) in [7, 11) is 0. The van der Waals surface area contributed by atoms with Crippen molar-refractivity contribution in [2.24, 2.45) is 0 Å². The van der Waals surface area contributed by atoms with Gasteiger partial charge in [-0.2, -0.15) is 0 Å². The van der Waals surface area contributed by atoms with E-state index in [1.807, 2.05) is 0 Å². The Balaban J connectivity index is 2.45. The molecule has 0 atom stereocenters. The van der Waals surface area contributed by atoms with E-state index in [-0.39, 0.29) is 17.9 Å². The molecule has 1 aromatic carbocycles. The zero-order valence-electron chi connectivity index (χ0n) is 10.3. The Hall–Kier alpha value is -1.62. The van der Waals surface area contributed by atoms with Crippen LogP contribution in [0.15, 0.2) is 18.2 Å². The van der Waals surface area contributed by atoms with Crippen LogP contribution in [-0.2, 0) is 4.74 Å². The number of halogens is 1. The minimum atomic E-state index is -1.14. The second-order valence-corrected chi connectivity index (χ2v) is 3.76. The van der Waals surface area contributed by atoms with Crippen LogP contribution in [0.4, 0.5) is 4.39 Å². The van der Waals surface area contributed by atoms with Crippen LogP contribution in [0.2, 0.25) is 0 Å². The van der Waals surface area contributed by atoms with Gasteiger partial charge in [0.05, 0.1) is 6.61 Å². The van der Waals surface area contributed by atoms with Crippen molar-refractivity contribution in [3.63, 3.8) is 0 Å². The Kier molecular flexibility index (Phi) is 6.14. The molecule has 0 heterocycles. The molecule has 1 aromatic rings. The molecule has 0 amide bonds. The number of hydrogen-bond donors (Lipinski definition) is 1. The quantitative estimate of drug-likeness (QED) is 0.726. The van der Waals surface area contributed by atoms with Gasteiger partial charge in [0.2, 0.25) is 0 Å². The van der Waals surface area contributed by atoms with E-state index in [4.69, 9.17) is 14.6 Å². The molecule has 0 unspecified atom stereocenters. The molecule has 0 aromatic heterocycles. The van der Waals surface area contributed by atoms with Crippen molar-refractivity contribution in [2.75, 3.05) is 19.8 Å². The minimum absolute atomic E-state index is 0.0293. The molecule has 0 saturated carbocycles. The maximum atomic E-state index is 13.0. The van der Waals surface area contributed by atoms with Crippen LogP contribution in [-0.4, -0.2) is 30.9 Å². The first kappa shape index (κ1) is 14.4. The lowest BCUT2D eigenvalue weighted by Crippen LogP contribution is -2.10. The number of carboxylic acid groups (broad SMARTS) is 1. The zero-order valence-corrected chi connectivity index (χ0v) is 10.3. The van der Waals surface area contributed by atoms with Crippen molar-refractivity contribution in [2.45, 2.75) is 19.8 Å². The molecule has 1 N–H and O–H groups in total. The monoisotopic (exact) mass is 256 g/mol. The third-order valence-corrected chi connectivity index (χ3v) is 2.30. The van der Waals surface area contributed by atoms with E-state index in [1.54, 1.807) is 0 Å². The highest BCUT2D eigenvalue weighted by atomic mass is 19.1. The summed E-state index contributed by atoms with van der Waals surface area (Å²) in [6.45, 7) is 3.27. The molecular weight excluding hydrogens is 239 g/mol. The predicted molar refractivity (Wildman–Crippen MR) is 64.6 cm³/mol. The highest BCUT2D eigenvalue weighted by molar-refractivity contribution is 5.90. The van der Waals surface area contributed by atoms with Gasteiger partial charge in [0.15, 0.2) is 0 Å². The lowest BCUT2D eigenvalue weighted by atomic mass is 10.2.